The van der Waals surface area contributed by atoms with E-state index < -0.39 is 11.8 Å². The Morgan fingerprint density at radius 3 is 2.82 bits per heavy atom. The number of rotatable bonds is 6. The fourth-order valence-corrected chi connectivity index (χ4v) is 2.03. The molecule has 1 heterocycles. The van der Waals surface area contributed by atoms with Crippen LogP contribution in [0.2, 0.25) is 0 Å². The van der Waals surface area contributed by atoms with Crippen molar-refractivity contribution in [3.63, 3.8) is 0 Å². The number of carbonyl (C=O) groups excluding carboxylic acids is 2. The van der Waals surface area contributed by atoms with Crippen molar-refractivity contribution < 1.29 is 19.4 Å². The zero-order valence-electron chi connectivity index (χ0n) is 12.0. The second kappa shape index (κ2) is 6.74. The first-order valence-electron chi connectivity index (χ1n) is 6.73. The van der Waals surface area contributed by atoms with E-state index in [-0.39, 0.29) is 18.8 Å². The molecule has 0 aromatic heterocycles. The van der Waals surface area contributed by atoms with Crippen LogP contribution in [0.25, 0.3) is 0 Å². The molecule has 2 amide bonds. The molecule has 0 unspecified atom stereocenters. The lowest BCUT2D eigenvalue weighted by molar-refractivity contribution is -0.137. The summed E-state index contributed by atoms with van der Waals surface area (Å²) in [4.78, 5) is 24.6. The number of ether oxygens (including phenoxy) is 1. The number of amides is 2. The minimum atomic E-state index is -0.499. The zero-order valence-corrected chi connectivity index (χ0v) is 12.0. The van der Waals surface area contributed by atoms with E-state index in [9.17, 15) is 9.59 Å². The zero-order chi connectivity index (χ0) is 16.1. The standard InChI is InChI=1S/C15H15N3O4/c1-2-22-13-7-11(4-3-10(13)9-16)17-12-8-14(20)18(5-6-19)15(12)21/h3-4,7-8,17,19H,2,5-6H2,1H3. The molecule has 2 N–H and O–H groups in total. The maximum atomic E-state index is 12.0. The van der Waals surface area contributed by atoms with Gasteiger partial charge >= 0.3 is 0 Å². The summed E-state index contributed by atoms with van der Waals surface area (Å²) in [5.74, 6) is -0.568. The Balaban J connectivity index is 2.20. The lowest BCUT2D eigenvalue weighted by atomic mass is 10.2. The van der Waals surface area contributed by atoms with E-state index in [2.05, 4.69) is 5.32 Å². The molecule has 0 fully saturated rings. The minimum absolute atomic E-state index is 0.0447. The number of hydrogen-bond donors (Lipinski definition) is 2. The van der Waals surface area contributed by atoms with Gasteiger partial charge in [0.15, 0.2) is 0 Å². The van der Waals surface area contributed by atoms with Crippen LogP contribution in [0.4, 0.5) is 5.69 Å². The fraction of sp³-hybridized carbons (Fsp3) is 0.267. The van der Waals surface area contributed by atoms with Gasteiger partial charge in [-0.15, -0.1) is 0 Å². The number of nitrogens with zero attached hydrogens (tertiary/aromatic N) is 2. The number of carbonyl (C=O) groups is 2. The Hall–Kier alpha value is -2.85. The van der Waals surface area contributed by atoms with Gasteiger partial charge in [-0.25, -0.2) is 0 Å². The van der Waals surface area contributed by atoms with Crippen molar-refractivity contribution in [3.05, 3.63) is 35.5 Å². The van der Waals surface area contributed by atoms with Gasteiger partial charge in [-0.3, -0.25) is 14.5 Å². The lowest BCUT2D eigenvalue weighted by Crippen LogP contribution is -2.34. The molecule has 0 aliphatic carbocycles. The third-order valence-corrected chi connectivity index (χ3v) is 3.01. The van der Waals surface area contributed by atoms with E-state index in [0.29, 0.717) is 23.6 Å². The Morgan fingerprint density at radius 1 is 1.41 bits per heavy atom. The lowest BCUT2D eigenvalue weighted by Gasteiger charge is -2.14. The molecule has 1 aliphatic heterocycles. The molecule has 7 heteroatoms. The molecule has 0 spiro atoms. The first-order chi connectivity index (χ1) is 10.6. The number of anilines is 1. The summed E-state index contributed by atoms with van der Waals surface area (Å²) in [7, 11) is 0. The number of aliphatic hydroxyl groups is 1. The summed E-state index contributed by atoms with van der Waals surface area (Å²) in [5, 5.41) is 20.7. The number of nitriles is 1. The summed E-state index contributed by atoms with van der Waals surface area (Å²) in [6, 6.07) is 6.80. The quantitative estimate of drug-likeness (QED) is 0.746. The number of β-amino-alcohol motifs (C(OH)–C–C–N with tert-alkyl or cyclic N) is 1. The van der Waals surface area contributed by atoms with Gasteiger partial charge in [0.1, 0.15) is 17.5 Å². The van der Waals surface area contributed by atoms with Crippen molar-refractivity contribution >= 4 is 17.5 Å². The highest BCUT2D eigenvalue weighted by Crippen LogP contribution is 2.25. The first-order valence-corrected chi connectivity index (χ1v) is 6.73. The van der Waals surface area contributed by atoms with E-state index in [0.717, 1.165) is 4.90 Å². The molecule has 1 aromatic rings. The van der Waals surface area contributed by atoms with Gasteiger partial charge in [-0.05, 0) is 19.1 Å². The van der Waals surface area contributed by atoms with Gasteiger partial charge < -0.3 is 15.2 Å². The van der Waals surface area contributed by atoms with E-state index in [1.54, 1.807) is 25.1 Å². The molecule has 2 rings (SSSR count). The number of benzene rings is 1. The van der Waals surface area contributed by atoms with Gasteiger partial charge in [0.2, 0.25) is 0 Å². The second-order valence-corrected chi connectivity index (χ2v) is 4.46. The van der Waals surface area contributed by atoms with E-state index in [1.807, 2.05) is 6.07 Å². The van der Waals surface area contributed by atoms with Gasteiger partial charge in [0.05, 0.1) is 25.3 Å². The molecule has 0 saturated heterocycles. The van der Waals surface area contributed by atoms with Crippen LogP contribution >= 0.6 is 0 Å². The minimum Gasteiger partial charge on any atom is -0.492 e. The first kappa shape index (κ1) is 15.5. The predicted molar refractivity (Wildman–Crippen MR) is 77.8 cm³/mol. The normalized spacial score (nSPS) is 13.9. The Labute approximate surface area is 127 Å². The molecule has 0 radical (unpaired) electrons. The highest BCUT2D eigenvalue weighted by molar-refractivity contribution is 6.17. The summed E-state index contributed by atoms with van der Waals surface area (Å²) in [5.41, 5.74) is 1.03. The number of imide groups is 1. The third kappa shape index (κ3) is 3.07. The SMILES string of the molecule is CCOc1cc(NC2=CC(=O)N(CCO)C2=O)ccc1C#N. The summed E-state index contributed by atoms with van der Waals surface area (Å²) in [6.07, 6.45) is 1.18. The smallest absolute Gasteiger partial charge is 0.277 e. The summed E-state index contributed by atoms with van der Waals surface area (Å²) < 4.78 is 5.36. The Bertz CT molecular complexity index is 676. The average Bonchev–Trinajstić information content (AvgIpc) is 2.76. The Kier molecular flexibility index (Phi) is 4.76. The molecule has 1 aliphatic rings. The number of nitrogens with one attached hydrogen (secondary N) is 1. The fourth-order valence-electron chi connectivity index (χ4n) is 2.03. The van der Waals surface area contributed by atoms with Gasteiger partial charge in [-0.1, -0.05) is 0 Å². The summed E-state index contributed by atoms with van der Waals surface area (Å²) in [6.45, 7) is 1.87. The molecule has 114 valence electrons. The molecule has 7 nitrogen and oxygen atoms in total. The molecule has 1 aromatic carbocycles. The third-order valence-electron chi connectivity index (χ3n) is 3.01. The molecular formula is C15H15N3O4. The van der Waals surface area contributed by atoms with Crippen molar-refractivity contribution in [1.29, 1.82) is 5.26 Å². The van der Waals surface area contributed by atoms with Crippen LogP contribution in [0.5, 0.6) is 5.75 Å². The van der Waals surface area contributed by atoms with Crippen LogP contribution in [0.15, 0.2) is 30.0 Å². The Morgan fingerprint density at radius 2 is 2.18 bits per heavy atom. The van der Waals surface area contributed by atoms with Crippen molar-refractivity contribution in [3.8, 4) is 11.8 Å². The highest BCUT2D eigenvalue weighted by Gasteiger charge is 2.30. The maximum Gasteiger partial charge on any atom is 0.277 e. The van der Waals surface area contributed by atoms with Crippen LogP contribution in [0, 0.1) is 11.3 Å². The average molecular weight is 301 g/mol. The molecule has 0 bridgehead atoms. The van der Waals surface area contributed by atoms with Gasteiger partial charge in [-0.2, -0.15) is 5.26 Å². The van der Waals surface area contributed by atoms with Crippen LogP contribution in [0.3, 0.4) is 0 Å². The number of aliphatic hydroxyl groups excluding tert-OH is 1. The maximum absolute atomic E-state index is 12.0. The van der Waals surface area contributed by atoms with E-state index in [4.69, 9.17) is 15.1 Å². The van der Waals surface area contributed by atoms with Crippen LogP contribution in [-0.2, 0) is 9.59 Å². The topological polar surface area (TPSA) is 103 Å². The van der Waals surface area contributed by atoms with Gasteiger partial charge in [0.25, 0.3) is 11.8 Å². The van der Waals surface area contributed by atoms with Crippen molar-refractivity contribution in [2.24, 2.45) is 0 Å². The number of hydrogen-bond acceptors (Lipinski definition) is 6. The summed E-state index contributed by atoms with van der Waals surface area (Å²) >= 11 is 0. The van der Waals surface area contributed by atoms with E-state index >= 15 is 0 Å². The van der Waals surface area contributed by atoms with Crippen LogP contribution in [0.1, 0.15) is 12.5 Å². The predicted octanol–water partition coefficient (Wildman–Crippen LogP) is 0.614. The van der Waals surface area contributed by atoms with Crippen molar-refractivity contribution in [2.75, 3.05) is 25.1 Å². The van der Waals surface area contributed by atoms with Crippen molar-refractivity contribution in [1.82, 2.24) is 4.90 Å². The van der Waals surface area contributed by atoms with Crippen LogP contribution < -0.4 is 10.1 Å². The monoisotopic (exact) mass is 301 g/mol. The molecule has 0 saturated carbocycles. The molecular weight excluding hydrogens is 286 g/mol. The highest BCUT2D eigenvalue weighted by atomic mass is 16.5. The van der Waals surface area contributed by atoms with Crippen molar-refractivity contribution in [2.45, 2.75) is 6.92 Å². The van der Waals surface area contributed by atoms with E-state index in [1.165, 1.54) is 6.08 Å². The molecule has 22 heavy (non-hydrogen) atoms. The molecule has 0 atom stereocenters. The second-order valence-electron chi connectivity index (χ2n) is 4.46. The largest absolute Gasteiger partial charge is 0.492 e. The van der Waals surface area contributed by atoms with Gasteiger partial charge in [0, 0.05) is 17.8 Å². The van der Waals surface area contributed by atoms with Crippen LogP contribution in [-0.4, -0.2) is 41.6 Å².